The monoisotopic (exact) mass is 590 g/mol. The second-order valence-corrected chi connectivity index (χ2v) is 11.6. The van der Waals surface area contributed by atoms with E-state index in [0.717, 1.165) is 11.1 Å². The zero-order valence-corrected chi connectivity index (χ0v) is 24.2. The van der Waals surface area contributed by atoms with Crippen LogP contribution in [0, 0.1) is 0 Å². The molecule has 0 unspecified atom stereocenters. The molecule has 9 heteroatoms. The van der Waals surface area contributed by atoms with Gasteiger partial charge in [-0.3, -0.25) is 23.5 Å². The summed E-state index contributed by atoms with van der Waals surface area (Å²) in [7, 11) is 0. The number of nitrogens with zero attached hydrogens (tertiary/aromatic N) is 4. The topological polar surface area (TPSA) is 86.8 Å². The maximum Gasteiger partial charge on any atom is 0.262 e. The van der Waals surface area contributed by atoms with Gasteiger partial charge in [0, 0.05) is 0 Å². The molecular formula is C33H26N4O3S2. The molecular weight excluding hydrogens is 565 g/mol. The van der Waals surface area contributed by atoms with E-state index < -0.39 is 0 Å². The Balaban J connectivity index is 1.23. The summed E-state index contributed by atoms with van der Waals surface area (Å²) in [6.07, 6.45) is 0. The zero-order valence-electron chi connectivity index (χ0n) is 22.6. The predicted molar refractivity (Wildman–Crippen MR) is 170 cm³/mol. The van der Waals surface area contributed by atoms with Gasteiger partial charge in [-0.25, -0.2) is 9.97 Å². The maximum atomic E-state index is 13.4. The summed E-state index contributed by atoms with van der Waals surface area (Å²) in [5, 5.41) is 2.06. The first-order chi connectivity index (χ1) is 20.6. The van der Waals surface area contributed by atoms with Crippen LogP contribution >= 0.6 is 23.5 Å². The molecule has 0 radical (unpaired) electrons. The Kier molecular flexibility index (Phi) is 8.30. The molecule has 0 saturated heterocycles. The molecule has 0 atom stereocenters. The van der Waals surface area contributed by atoms with Gasteiger partial charge in [-0.05, 0) is 35.4 Å². The minimum absolute atomic E-state index is 0.0488. The maximum absolute atomic E-state index is 13.4. The van der Waals surface area contributed by atoms with Gasteiger partial charge in [0.05, 0.1) is 46.4 Å². The highest BCUT2D eigenvalue weighted by Gasteiger charge is 2.16. The lowest BCUT2D eigenvalue weighted by atomic mass is 10.2. The summed E-state index contributed by atoms with van der Waals surface area (Å²) in [5.74, 6) is 0.207. The highest BCUT2D eigenvalue weighted by atomic mass is 32.2. The van der Waals surface area contributed by atoms with E-state index in [4.69, 9.17) is 9.97 Å². The molecule has 0 aliphatic heterocycles. The Morgan fingerprint density at radius 1 is 0.548 bits per heavy atom. The molecule has 208 valence electrons. The number of para-hydroxylation sites is 2. The summed E-state index contributed by atoms with van der Waals surface area (Å²) in [6, 6.07) is 33.9. The van der Waals surface area contributed by atoms with Crippen LogP contribution in [0.2, 0.25) is 0 Å². The molecule has 0 bridgehead atoms. The molecule has 0 aliphatic rings. The van der Waals surface area contributed by atoms with E-state index in [-0.39, 0.29) is 28.4 Å². The highest BCUT2D eigenvalue weighted by Crippen LogP contribution is 2.23. The van der Waals surface area contributed by atoms with Crippen LogP contribution in [0.4, 0.5) is 0 Å². The van der Waals surface area contributed by atoms with Crippen LogP contribution in [0.5, 0.6) is 0 Å². The molecule has 0 amide bonds. The van der Waals surface area contributed by atoms with Gasteiger partial charge in [0.2, 0.25) is 0 Å². The van der Waals surface area contributed by atoms with E-state index in [1.807, 2.05) is 97.1 Å². The minimum Gasteiger partial charge on any atom is -0.298 e. The van der Waals surface area contributed by atoms with Crippen molar-refractivity contribution in [3.8, 4) is 0 Å². The number of thioether (sulfide) groups is 2. The number of ketones is 1. The Morgan fingerprint density at radius 2 is 0.929 bits per heavy atom. The van der Waals surface area contributed by atoms with E-state index in [9.17, 15) is 14.4 Å². The average Bonchev–Trinajstić information content (AvgIpc) is 3.03. The number of fused-ring (bicyclic) bond motifs is 2. The van der Waals surface area contributed by atoms with Crippen molar-refractivity contribution in [3.63, 3.8) is 0 Å². The van der Waals surface area contributed by atoms with Crippen molar-refractivity contribution in [1.29, 1.82) is 0 Å². The summed E-state index contributed by atoms with van der Waals surface area (Å²) >= 11 is 2.50. The van der Waals surface area contributed by atoms with Crippen molar-refractivity contribution >= 4 is 51.1 Å². The van der Waals surface area contributed by atoms with Crippen LogP contribution in [-0.2, 0) is 17.9 Å². The molecule has 4 aromatic carbocycles. The van der Waals surface area contributed by atoms with Crippen molar-refractivity contribution in [1.82, 2.24) is 19.1 Å². The van der Waals surface area contributed by atoms with E-state index in [2.05, 4.69) is 0 Å². The van der Waals surface area contributed by atoms with Gasteiger partial charge < -0.3 is 0 Å². The number of hydrogen-bond acceptors (Lipinski definition) is 7. The van der Waals surface area contributed by atoms with Gasteiger partial charge in [-0.1, -0.05) is 108 Å². The lowest BCUT2D eigenvalue weighted by Crippen LogP contribution is -2.25. The van der Waals surface area contributed by atoms with Crippen molar-refractivity contribution in [3.05, 3.63) is 141 Å². The number of benzene rings is 4. The lowest BCUT2D eigenvalue weighted by molar-refractivity contribution is -0.114. The number of carbonyl (C=O) groups is 1. The molecule has 0 aliphatic carbocycles. The number of aromatic nitrogens is 4. The van der Waals surface area contributed by atoms with Gasteiger partial charge >= 0.3 is 0 Å². The van der Waals surface area contributed by atoms with Crippen molar-refractivity contribution < 1.29 is 4.79 Å². The highest BCUT2D eigenvalue weighted by molar-refractivity contribution is 8.01. The fraction of sp³-hybridized carbons (Fsp3) is 0.121. The van der Waals surface area contributed by atoms with Crippen LogP contribution in [0.3, 0.4) is 0 Å². The van der Waals surface area contributed by atoms with E-state index in [0.29, 0.717) is 45.2 Å². The average molecular weight is 591 g/mol. The molecule has 6 rings (SSSR count). The van der Waals surface area contributed by atoms with Crippen LogP contribution in [-0.4, -0.2) is 36.4 Å². The third-order valence-electron chi connectivity index (χ3n) is 6.74. The number of Topliss-reactive ketones (excluding diaryl/α,β-unsaturated/α-hetero) is 1. The number of carbonyl (C=O) groups excluding carboxylic acids is 1. The first-order valence-electron chi connectivity index (χ1n) is 13.4. The molecule has 2 aromatic heterocycles. The Labute approximate surface area is 250 Å². The minimum atomic E-state index is -0.140. The molecule has 6 aromatic rings. The first-order valence-corrected chi connectivity index (χ1v) is 15.4. The normalized spacial score (nSPS) is 11.2. The van der Waals surface area contributed by atoms with E-state index in [1.165, 1.54) is 23.5 Å². The largest absolute Gasteiger partial charge is 0.298 e. The summed E-state index contributed by atoms with van der Waals surface area (Å²) in [4.78, 5) is 49.5. The molecule has 7 nitrogen and oxygen atoms in total. The Morgan fingerprint density at radius 3 is 1.36 bits per heavy atom. The Hall–Kier alpha value is -4.47. The number of rotatable bonds is 10. The predicted octanol–water partition coefficient (Wildman–Crippen LogP) is 5.66. The second kappa shape index (κ2) is 12.6. The third kappa shape index (κ3) is 6.07. The van der Waals surface area contributed by atoms with Crippen LogP contribution in [0.1, 0.15) is 11.1 Å². The third-order valence-corrected chi connectivity index (χ3v) is 8.82. The van der Waals surface area contributed by atoms with Gasteiger partial charge in [0.15, 0.2) is 16.1 Å². The van der Waals surface area contributed by atoms with E-state index >= 15 is 0 Å². The molecule has 0 N–H and O–H groups in total. The molecule has 42 heavy (non-hydrogen) atoms. The molecule has 2 heterocycles. The van der Waals surface area contributed by atoms with E-state index in [1.54, 1.807) is 21.3 Å². The summed E-state index contributed by atoms with van der Waals surface area (Å²) in [6.45, 7) is 0.713. The number of hydrogen-bond donors (Lipinski definition) is 0. The smallest absolute Gasteiger partial charge is 0.262 e. The van der Waals surface area contributed by atoms with Crippen molar-refractivity contribution in [2.24, 2.45) is 0 Å². The van der Waals surface area contributed by atoms with Gasteiger partial charge in [0.1, 0.15) is 0 Å². The summed E-state index contributed by atoms with van der Waals surface area (Å²) < 4.78 is 3.26. The van der Waals surface area contributed by atoms with Gasteiger partial charge in [0.25, 0.3) is 11.1 Å². The van der Waals surface area contributed by atoms with Gasteiger partial charge in [-0.15, -0.1) is 0 Å². The standard InChI is InChI=1S/C33H26N4O3S2/c38-25(21-41-32-34-28-17-9-7-15-26(28)30(39)36(32)19-23-11-3-1-4-12-23)22-42-33-35-29-18-10-8-16-27(29)31(40)37(33)20-24-13-5-2-6-14-24/h1-18H,19-22H2. The summed E-state index contributed by atoms with van der Waals surface area (Å²) in [5.41, 5.74) is 2.86. The van der Waals surface area contributed by atoms with Crippen molar-refractivity contribution in [2.45, 2.75) is 23.4 Å². The quantitative estimate of drug-likeness (QED) is 0.150. The zero-order chi connectivity index (χ0) is 28.9. The fourth-order valence-corrected chi connectivity index (χ4v) is 6.50. The SMILES string of the molecule is O=C(CSc1nc2ccccc2c(=O)n1Cc1ccccc1)CSc1nc2ccccc2c(=O)n1Cc1ccccc1. The van der Waals surface area contributed by atoms with Crippen LogP contribution < -0.4 is 11.1 Å². The van der Waals surface area contributed by atoms with Crippen LogP contribution in [0.25, 0.3) is 21.8 Å². The Bertz CT molecular complexity index is 1860. The van der Waals surface area contributed by atoms with Crippen LogP contribution in [0.15, 0.2) is 129 Å². The van der Waals surface area contributed by atoms with Gasteiger partial charge in [-0.2, -0.15) is 0 Å². The molecule has 0 saturated carbocycles. The fourth-order valence-electron chi connectivity index (χ4n) is 4.66. The first kappa shape index (κ1) is 27.7. The molecule has 0 fully saturated rings. The second-order valence-electron chi connectivity index (χ2n) is 9.69. The van der Waals surface area contributed by atoms with Crippen molar-refractivity contribution in [2.75, 3.05) is 11.5 Å². The lowest BCUT2D eigenvalue weighted by Gasteiger charge is -2.14. The molecule has 0 spiro atoms.